The summed E-state index contributed by atoms with van der Waals surface area (Å²) in [6.45, 7) is 1.16. The number of rotatable bonds is 4. The number of aromatic nitrogens is 2. The molecule has 9 heteroatoms. The molecule has 5 fully saturated rings. The summed E-state index contributed by atoms with van der Waals surface area (Å²) in [5.41, 5.74) is -0.0816. The van der Waals surface area contributed by atoms with E-state index >= 15 is 0 Å². The van der Waals surface area contributed by atoms with Gasteiger partial charge >= 0.3 is 6.09 Å². The number of anilines is 1. The zero-order valence-electron chi connectivity index (χ0n) is 18.2. The first kappa shape index (κ1) is 20.5. The van der Waals surface area contributed by atoms with Crippen LogP contribution in [0, 0.1) is 17.8 Å². The first-order chi connectivity index (χ1) is 14.8. The van der Waals surface area contributed by atoms with Crippen LogP contribution in [0.3, 0.4) is 0 Å². The van der Waals surface area contributed by atoms with Crippen molar-refractivity contribution >= 4 is 17.9 Å². The smallest absolute Gasteiger partial charge is 0.410 e. The van der Waals surface area contributed by atoms with Gasteiger partial charge in [-0.3, -0.25) is 4.79 Å². The molecule has 3 atom stereocenters. The van der Waals surface area contributed by atoms with E-state index in [0.717, 1.165) is 38.5 Å². The number of nitrogens with zero attached hydrogens (tertiary/aromatic N) is 4. The summed E-state index contributed by atoms with van der Waals surface area (Å²) in [5.74, 6) is 1.50. The highest BCUT2D eigenvalue weighted by Crippen LogP contribution is 2.56. The minimum Gasteiger partial charge on any atom is -0.446 e. The maximum absolute atomic E-state index is 12.8. The third-order valence-electron chi connectivity index (χ3n) is 7.48. The van der Waals surface area contributed by atoms with Crippen LogP contribution in [-0.4, -0.2) is 81.8 Å². The molecule has 2 unspecified atom stereocenters. The van der Waals surface area contributed by atoms with Crippen LogP contribution < -0.4 is 5.32 Å². The molecule has 168 valence electrons. The molecule has 1 aromatic rings. The topological polar surface area (TPSA) is 108 Å². The molecule has 0 aromatic carbocycles. The van der Waals surface area contributed by atoms with Gasteiger partial charge in [0.25, 0.3) is 5.91 Å². The van der Waals surface area contributed by atoms with E-state index < -0.39 is 5.60 Å². The fourth-order valence-corrected chi connectivity index (χ4v) is 6.32. The van der Waals surface area contributed by atoms with E-state index in [-0.39, 0.29) is 24.1 Å². The second kappa shape index (κ2) is 7.62. The molecule has 1 saturated heterocycles. The average Bonchev–Trinajstić information content (AvgIpc) is 3.18. The highest BCUT2D eigenvalue weighted by Gasteiger charge is 2.56. The van der Waals surface area contributed by atoms with Gasteiger partial charge in [-0.1, -0.05) is 0 Å². The van der Waals surface area contributed by atoms with Crippen molar-refractivity contribution in [3.63, 3.8) is 0 Å². The van der Waals surface area contributed by atoms with Crippen LogP contribution in [0.15, 0.2) is 12.4 Å². The standard InChI is InChI=1S/C22H31N5O4/c1-26(2)19(28)16-10-23-20(24-11-16)25-17-3-4-27(12-17)21(29)31-18-14-5-13-6-15(18)9-22(30,7-13)8-14/h10-11,13-15,17-18,30H,3-9,12H2,1-2H3,(H,23,24,25)/t13?,14?,15?,17-,18-,22-/m1/s1. The lowest BCUT2D eigenvalue weighted by Gasteiger charge is -2.57. The lowest BCUT2D eigenvalue weighted by molar-refractivity contribution is -0.177. The predicted molar refractivity (Wildman–Crippen MR) is 112 cm³/mol. The Hall–Kier alpha value is -2.42. The second-order valence-corrected chi connectivity index (χ2v) is 10.1. The second-order valence-electron chi connectivity index (χ2n) is 10.1. The lowest BCUT2D eigenvalue weighted by atomic mass is 9.53. The Morgan fingerprint density at radius 2 is 1.87 bits per heavy atom. The van der Waals surface area contributed by atoms with Crippen LogP contribution in [0.25, 0.3) is 0 Å². The Kier molecular flexibility index (Phi) is 5.03. The SMILES string of the molecule is CN(C)C(=O)c1cnc(N[C@@H]2CCN(C(=O)O[C@H]3C4CC5CC3C[C@](O)(C5)C4)C2)nc1. The van der Waals surface area contributed by atoms with E-state index in [0.29, 0.717) is 42.4 Å². The summed E-state index contributed by atoms with van der Waals surface area (Å²) in [7, 11) is 3.37. The van der Waals surface area contributed by atoms with Gasteiger partial charge in [0, 0.05) is 45.6 Å². The van der Waals surface area contributed by atoms with Crippen molar-refractivity contribution in [1.82, 2.24) is 19.8 Å². The van der Waals surface area contributed by atoms with Crippen LogP contribution in [0.1, 0.15) is 48.9 Å². The summed E-state index contributed by atoms with van der Waals surface area (Å²) in [4.78, 5) is 36.5. The van der Waals surface area contributed by atoms with Crippen molar-refractivity contribution in [3.8, 4) is 0 Å². The number of hydrogen-bond acceptors (Lipinski definition) is 7. The molecule has 2 amide bonds. The molecule has 31 heavy (non-hydrogen) atoms. The van der Waals surface area contributed by atoms with Crippen LogP contribution in [0.4, 0.5) is 10.7 Å². The minimum absolute atomic E-state index is 0.0437. The van der Waals surface area contributed by atoms with Gasteiger partial charge in [0.1, 0.15) is 6.10 Å². The predicted octanol–water partition coefficient (Wildman–Crippen LogP) is 1.74. The van der Waals surface area contributed by atoms with Crippen LogP contribution in [0.2, 0.25) is 0 Å². The quantitative estimate of drug-likeness (QED) is 0.751. The number of nitrogens with one attached hydrogen (secondary N) is 1. The van der Waals surface area contributed by atoms with Crippen LogP contribution in [0.5, 0.6) is 0 Å². The number of aliphatic hydroxyl groups is 1. The molecule has 4 aliphatic carbocycles. The van der Waals surface area contributed by atoms with Gasteiger partial charge < -0.3 is 25.0 Å². The first-order valence-corrected chi connectivity index (χ1v) is 11.3. The van der Waals surface area contributed by atoms with Gasteiger partial charge in [0.05, 0.1) is 11.2 Å². The molecule has 4 bridgehead atoms. The van der Waals surface area contributed by atoms with Crippen molar-refractivity contribution in [1.29, 1.82) is 0 Å². The fraction of sp³-hybridized carbons (Fsp3) is 0.727. The Bertz CT molecular complexity index is 844. The van der Waals surface area contributed by atoms with Crippen molar-refractivity contribution in [2.75, 3.05) is 32.5 Å². The third kappa shape index (κ3) is 3.95. The molecule has 1 aliphatic heterocycles. The number of amides is 2. The number of carbonyl (C=O) groups is 2. The Balaban J connectivity index is 1.14. The monoisotopic (exact) mass is 429 g/mol. The highest BCUT2D eigenvalue weighted by molar-refractivity contribution is 5.93. The van der Waals surface area contributed by atoms with Gasteiger partial charge in [-0.05, 0) is 56.3 Å². The van der Waals surface area contributed by atoms with Crippen LogP contribution >= 0.6 is 0 Å². The van der Waals surface area contributed by atoms with E-state index in [1.807, 2.05) is 0 Å². The molecule has 9 nitrogen and oxygen atoms in total. The molecule has 4 saturated carbocycles. The zero-order valence-corrected chi connectivity index (χ0v) is 18.2. The molecule has 2 heterocycles. The summed E-state index contributed by atoms with van der Waals surface area (Å²) in [6, 6.07) is 0.0437. The maximum atomic E-state index is 12.8. The van der Waals surface area contributed by atoms with Gasteiger partial charge in [-0.2, -0.15) is 0 Å². The van der Waals surface area contributed by atoms with Crippen molar-refractivity contribution in [2.45, 2.75) is 56.3 Å². The van der Waals surface area contributed by atoms with E-state index in [4.69, 9.17) is 4.74 Å². The fourth-order valence-electron chi connectivity index (χ4n) is 6.32. The van der Waals surface area contributed by atoms with E-state index in [9.17, 15) is 14.7 Å². The molecule has 1 aromatic heterocycles. The van der Waals surface area contributed by atoms with Gasteiger partial charge in [-0.25, -0.2) is 14.8 Å². The molecular weight excluding hydrogens is 398 g/mol. The van der Waals surface area contributed by atoms with E-state index in [1.165, 1.54) is 17.3 Å². The van der Waals surface area contributed by atoms with E-state index in [1.54, 1.807) is 19.0 Å². The largest absolute Gasteiger partial charge is 0.446 e. The van der Waals surface area contributed by atoms with Crippen molar-refractivity contribution < 1.29 is 19.4 Å². The molecule has 2 N–H and O–H groups in total. The maximum Gasteiger partial charge on any atom is 0.410 e. The minimum atomic E-state index is -0.519. The Morgan fingerprint density at radius 1 is 1.19 bits per heavy atom. The zero-order chi connectivity index (χ0) is 21.8. The van der Waals surface area contributed by atoms with Gasteiger partial charge in [0.15, 0.2) is 0 Å². The first-order valence-electron chi connectivity index (χ1n) is 11.3. The number of carbonyl (C=O) groups excluding carboxylic acids is 2. The molecule has 5 aliphatic rings. The van der Waals surface area contributed by atoms with Crippen LogP contribution in [-0.2, 0) is 4.74 Å². The molecule has 0 spiro atoms. The average molecular weight is 430 g/mol. The van der Waals surface area contributed by atoms with Crippen molar-refractivity contribution in [3.05, 3.63) is 18.0 Å². The highest BCUT2D eigenvalue weighted by atomic mass is 16.6. The summed E-state index contributed by atoms with van der Waals surface area (Å²) in [5, 5.41) is 14.0. The number of ether oxygens (including phenoxy) is 1. The number of hydrogen-bond donors (Lipinski definition) is 2. The Morgan fingerprint density at radius 3 is 2.48 bits per heavy atom. The van der Waals surface area contributed by atoms with Gasteiger partial charge in [0.2, 0.25) is 5.95 Å². The molecule has 0 radical (unpaired) electrons. The summed E-state index contributed by atoms with van der Waals surface area (Å²) < 4.78 is 5.99. The third-order valence-corrected chi connectivity index (χ3v) is 7.48. The summed E-state index contributed by atoms with van der Waals surface area (Å²) >= 11 is 0. The molecule has 6 rings (SSSR count). The number of likely N-dealkylation sites (tertiary alicyclic amines) is 1. The van der Waals surface area contributed by atoms with Gasteiger partial charge in [-0.15, -0.1) is 0 Å². The van der Waals surface area contributed by atoms with Crippen molar-refractivity contribution in [2.24, 2.45) is 17.8 Å². The lowest BCUT2D eigenvalue weighted by Crippen LogP contribution is -2.58. The Labute approximate surface area is 182 Å². The molecular formula is C22H31N5O4. The summed E-state index contributed by atoms with van der Waals surface area (Å²) in [6.07, 6.45) is 8.12. The van der Waals surface area contributed by atoms with E-state index in [2.05, 4.69) is 15.3 Å². The normalized spacial score (nSPS) is 35.8.